The molecule has 7 heteroatoms. The zero-order valence-electron chi connectivity index (χ0n) is 15.3. The molecule has 1 atom stereocenters. The van der Waals surface area contributed by atoms with Crippen LogP contribution in [-0.2, 0) is 4.74 Å². The zero-order valence-corrected chi connectivity index (χ0v) is 15.3. The molecular formula is C19H26N2O5. The molecule has 0 unspecified atom stereocenters. The number of nitrogens with one attached hydrogen (secondary N) is 1. The lowest BCUT2D eigenvalue weighted by Gasteiger charge is -2.35. The molecule has 1 aromatic carbocycles. The summed E-state index contributed by atoms with van der Waals surface area (Å²) in [5.41, 5.74) is 1.44. The third-order valence-corrected chi connectivity index (χ3v) is 4.43. The first-order valence-corrected chi connectivity index (χ1v) is 8.67. The molecule has 7 nitrogen and oxygen atoms in total. The smallest absolute Gasteiger partial charge is 0.411 e. The number of aryl methyl sites for hydroxylation is 1. The molecule has 2 rings (SSSR count). The van der Waals surface area contributed by atoms with Crippen LogP contribution in [0.15, 0.2) is 24.8 Å². The van der Waals surface area contributed by atoms with E-state index in [1.165, 1.54) is 13.2 Å². The van der Waals surface area contributed by atoms with Gasteiger partial charge in [-0.3, -0.25) is 10.1 Å². The third kappa shape index (κ3) is 4.54. The number of nitrogens with zero attached hydrogens (tertiary/aromatic N) is 1. The van der Waals surface area contributed by atoms with Crippen molar-refractivity contribution in [2.24, 2.45) is 0 Å². The molecule has 1 aliphatic rings. The van der Waals surface area contributed by atoms with E-state index in [2.05, 4.69) is 11.9 Å². The Morgan fingerprint density at radius 2 is 2.19 bits per heavy atom. The molecule has 1 heterocycles. The van der Waals surface area contributed by atoms with Crippen LogP contribution in [-0.4, -0.2) is 54.9 Å². The highest BCUT2D eigenvalue weighted by atomic mass is 16.5. The maximum Gasteiger partial charge on any atom is 0.411 e. The van der Waals surface area contributed by atoms with E-state index in [-0.39, 0.29) is 25.2 Å². The van der Waals surface area contributed by atoms with Crippen LogP contribution in [0.4, 0.5) is 10.5 Å². The molecule has 0 bridgehead atoms. The van der Waals surface area contributed by atoms with Crippen molar-refractivity contribution in [1.82, 2.24) is 4.90 Å². The van der Waals surface area contributed by atoms with Crippen LogP contribution in [0.2, 0.25) is 0 Å². The number of aliphatic hydroxyl groups is 1. The summed E-state index contributed by atoms with van der Waals surface area (Å²) in [6.45, 7) is 5.88. The first-order valence-electron chi connectivity index (χ1n) is 8.67. The van der Waals surface area contributed by atoms with Crippen LogP contribution in [0.1, 0.15) is 35.2 Å². The highest BCUT2D eigenvalue weighted by molar-refractivity contribution is 6.03. The van der Waals surface area contributed by atoms with Crippen molar-refractivity contribution >= 4 is 17.7 Å². The van der Waals surface area contributed by atoms with Crippen LogP contribution in [0.3, 0.4) is 0 Å². The lowest BCUT2D eigenvalue weighted by molar-refractivity contribution is 0.0503. The summed E-state index contributed by atoms with van der Waals surface area (Å²) >= 11 is 0. The van der Waals surface area contributed by atoms with Gasteiger partial charge < -0.3 is 19.5 Å². The molecule has 0 aromatic heterocycles. The predicted octanol–water partition coefficient (Wildman–Crippen LogP) is 2.73. The predicted molar refractivity (Wildman–Crippen MR) is 98.7 cm³/mol. The molecule has 0 radical (unpaired) electrons. The normalized spacial score (nSPS) is 16.7. The van der Waals surface area contributed by atoms with Crippen LogP contribution in [0.5, 0.6) is 5.75 Å². The van der Waals surface area contributed by atoms with Gasteiger partial charge in [-0.2, -0.15) is 0 Å². The van der Waals surface area contributed by atoms with E-state index in [0.29, 0.717) is 23.5 Å². The topological polar surface area (TPSA) is 88.1 Å². The van der Waals surface area contributed by atoms with E-state index in [1.54, 1.807) is 17.0 Å². The largest absolute Gasteiger partial charge is 0.496 e. The molecule has 0 saturated carbocycles. The fourth-order valence-corrected chi connectivity index (χ4v) is 3.08. The van der Waals surface area contributed by atoms with Crippen molar-refractivity contribution in [3.05, 3.63) is 35.9 Å². The molecule has 1 fully saturated rings. The molecule has 142 valence electrons. The standard InChI is InChI=1S/C19H26N2O5/c1-4-9-26-19(24)20-16-10-13(2)17(25-3)11-15(16)18(23)21-8-6-5-7-14(21)12-22/h4,10-11,14,22H,1,5-9,12H2,2-3H3,(H,20,24)/t14-/m0/s1. The second-order valence-corrected chi connectivity index (χ2v) is 6.21. The van der Waals surface area contributed by atoms with Gasteiger partial charge in [-0.1, -0.05) is 12.7 Å². The highest BCUT2D eigenvalue weighted by Crippen LogP contribution is 2.30. The number of likely N-dealkylation sites (tertiary alicyclic amines) is 1. The van der Waals surface area contributed by atoms with Gasteiger partial charge >= 0.3 is 6.09 Å². The maximum absolute atomic E-state index is 13.1. The second-order valence-electron chi connectivity index (χ2n) is 6.21. The van der Waals surface area contributed by atoms with E-state index in [9.17, 15) is 14.7 Å². The number of rotatable bonds is 6. The van der Waals surface area contributed by atoms with Gasteiger partial charge in [-0.25, -0.2) is 4.79 Å². The van der Waals surface area contributed by atoms with Gasteiger partial charge in [0.1, 0.15) is 12.4 Å². The van der Waals surface area contributed by atoms with E-state index in [4.69, 9.17) is 9.47 Å². The summed E-state index contributed by atoms with van der Waals surface area (Å²) in [5, 5.41) is 12.2. The number of hydrogen-bond acceptors (Lipinski definition) is 5. The van der Waals surface area contributed by atoms with Crippen molar-refractivity contribution in [3.8, 4) is 5.75 Å². The Hall–Kier alpha value is -2.54. The molecule has 1 aliphatic heterocycles. The molecule has 1 saturated heterocycles. The Morgan fingerprint density at radius 3 is 2.85 bits per heavy atom. The Morgan fingerprint density at radius 1 is 1.42 bits per heavy atom. The fourth-order valence-electron chi connectivity index (χ4n) is 3.08. The summed E-state index contributed by atoms with van der Waals surface area (Å²) in [6.07, 6.45) is 3.42. The Kier molecular flexibility index (Phi) is 7.03. The van der Waals surface area contributed by atoms with E-state index < -0.39 is 6.09 Å². The average Bonchev–Trinajstić information content (AvgIpc) is 2.66. The first kappa shape index (κ1) is 19.8. The van der Waals surface area contributed by atoms with Crippen molar-refractivity contribution in [2.45, 2.75) is 32.2 Å². The van der Waals surface area contributed by atoms with Gasteiger partial charge in [0.05, 0.1) is 31.0 Å². The monoisotopic (exact) mass is 362 g/mol. The summed E-state index contributed by atoms with van der Waals surface area (Å²) in [7, 11) is 1.53. The number of carbonyl (C=O) groups is 2. The van der Waals surface area contributed by atoms with Gasteiger partial charge in [0, 0.05) is 6.54 Å². The van der Waals surface area contributed by atoms with Gasteiger partial charge in [-0.15, -0.1) is 0 Å². The number of amides is 2. The molecule has 26 heavy (non-hydrogen) atoms. The molecule has 0 aliphatic carbocycles. The maximum atomic E-state index is 13.1. The van der Waals surface area contributed by atoms with Gasteiger partial charge in [-0.05, 0) is 43.9 Å². The Labute approximate surface area is 153 Å². The molecule has 1 aromatic rings. The van der Waals surface area contributed by atoms with E-state index >= 15 is 0 Å². The Bertz CT molecular complexity index is 674. The van der Waals surface area contributed by atoms with Crippen LogP contribution in [0, 0.1) is 6.92 Å². The van der Waals surface area contributed by atoms with Crippen LogP contribution < -0.4 is 10.1 Å². The van der Waals surface area contributed by atoms with Crippen LogP contribution in [0.25, 0.3) is 0 Å². The number of benzene rings is 1. The molecule has 2 amide bonds. The zero-order chi connectivity index (χ0) is 19.1. The summed E-state index contributed by atoms with van der Waals surface area (Å²) in [4.78, 5) is 26.7. The van der Waals surface area contributed by atoms with E-state index in [1.807, 2.05) is 6.92 Å². The number of carbonyl (C=O) groups excluding carboxylic acids is 2. The summed E-state index contributed by atoms with van der Waals surface area (Å²) < 4.78 is 10.3. The number of ether oxygens (including phenoxy) is 2. The number of hydrogen-bond donors (Lipinski definition) is 2. The van der Waals surface area contributed by atoms with Crippen molar-refractivity contribution in [2.75, 3.05) is 32.2 Å². The number of anilines is 1. The SMILES string of the molecule is C=CCOC(=O)Nc1cc(C)c(OC)cc1C(=O)N1CCCC[C@H]1CO. The Balaban J connectivity index is 2.35. The summed E-state index contributed by atoms with van der Waals surface area (Å²) in [5.74, 6) is 0.303. The lowest BCUT2D eigenvalue weighted by atomic mass is 10.00. The van der Waals surface area contributed by atoms with E-state index in [0.717, 1.165) is 24.8 Å². The number of aliphatic hydroxyl groups excluding tert-OH is 1. The average molecular weight is 362 g/mol. The van der Waals surface area contributed by atoms with Crippen LogP contribution >= 0.6 is 0 Å². The van der Waals surface area contributed by atoms with Gasteiger partial charge in [0.15, 0.2) is 0 Å². The minimum atomic E-state index is -0.666. The molecular weight excluding hydrogens is 336 g/mol. The van der Waals surface area contributed by atoms with Crippen molar-refractivity contribution in [1.29, 1.82) is 0 Å². The van der Waals surface area contributed by atoms with Gasteiger partial charge in [0.2, 0.25) is 0 Å². The van der Waals surface area contributed by atoms with Gasteiger partial charge in [0.25, 0.3) is 5.91 Å². The fraction of sp³-hybridized carbons (Fsp3) is 0.474. The number of methoxy groups -OCH3 is 1. The first-order chi connectivity index (χ1) is 12.5. The van der Waals surface area contributed by atoms with Crippen molar-refractivity contribution < 1.29 is 24.2 Å². The third-order valence-electron chi connectivity index (χ3n) is 4.43. The highest BCUT2D eigenvalue weighted by Gasteiger charge is 2.29. The quantitative estimate of drug-likeness (QED) is 0.760. The minimum Gasteiger partial charge on any atom is -0.496 e. The van der Waals surface area contributed by atoms with Crippen molar-refractivity contribution in [3.63, 3.8) is 0 Å². The lowest BCUT2D eigenvalue weighted by Crippen LogP contribution is -2.45. The molecule has 2 N–H and O–H groups in total. The summed E-state index contributed by atoms with van der Waals surface area (Å²) in [6, 6.07) is 3.08. The minimum absolute atomic E-state index is 0.0724. The second kappa shape index (κ2) is 9.24. The molecule has 0 spiro atoms. The number of piperidine rings is 1.